The molecule has 0 N–H and O–H groups in total. The zero-order valence-corrected chi connectivity index (χ0v) is 13.3. The highest BCUT2D eigenvalue weighted by Gasteiger charge is 2.33. The first-order valence-electron chi connectivity index (χ1n) is 7.92. The maximum atomic E-state index is 12.9. The molecule has 1 fully saturated rings. The van der Waals surface area contributed by atoms with Gasteiger partial charge in [0.2, 0.25) is 0 Å². The Labute approximate surface area is 134 Å². The van der Waals surface area contributed by atoms with E-state index < -0.39 is 0 Å². The number of amides is 1. The van der Waals surface area contributed by atoms with E-state index in [1.807, 2.05) is 55.5 Å². The van der Waals surface area contributed by atoms with Gasteiger partial charge in [0.05, 0.1) is 12.2 Å². The number of carbonyl (C=O) groups is 1. The third-order valence-electron chi connectivity index (χ3n) is 4.58. The molecular weight excluding hydrogens is 290 g/mol. The highest BCUT2D eigenvalue weighted by atomic mass is 16.3. The number of para-hydroxylation sites is 1. The Morgan fingerprint density at radius 2 is 2.26 bits per heavy atom. The van der Waals surface area contributed by atoms with E-state index in [1.165, 1.54) is 0 Å². The standard InChI is InChI=1S/C18H19N3O2/c1-12-5-3-6-13-9-16(23-17(12)13)18(22)21-8-4-7-15(21)14-10-19-20(2)11-14/h3,5-6,9-11,15H,4,7-8H2,1-2H3. The summed E-state index contributed by atoms with van der Waals surface area (Å²) in [6, 6.07) is 7.89. The molecule has 23 heavy (non-hydrogen) atoms. The number of rotatable bonds is 2. The van der Waals surface area contributed by atoms with Gasteiger partial charge in [0, 0.05) is 30.7 Å². The van der Waals surface area contributed by atoms with Crippen LogP contribution in [0.1, 0.15) is 40.6 Å². The summed E-state index contributed by atoms with van der Waals surface area (Å²) in [7, 11) is 1.90. The van der Waals surface area contributed by atoms with E-state index in [0.29, 0.717) is 5.76 Å². The second-order valence-electron chi connectivity index (χ2n) is 6.21. The first kappa shape index (κ1) is 14.1. The van der Waals surface area contributed by atoms with Crippen molar-refractivity contribution in [3.8, 4) is 0 Å². The molecule has 5 heteroatoms. The Morgan fingerprint density at radius 1 is 1.39 bits per heavy atom. The summed E-state index contributed by atoms with van der Waals surface area (Å²) in [5.74, 6) is 0.386. The average molecular weight is 309 g/mol. The molecule has 0 radical (unpaired) electrons. The monoisotopic (exact) mass is 309 g/mol. The van der Waals surface area contributed by atoms with Crippen molar-refractivity contribution in [2.24, 2.45) is 7.05 Å². The molecule has 0 bridgehead atoms. The Bertz CT molecular complexity index is 877. The van der Waals surface area contributed by atoms with E-state index >= 15 is 0 Å². The fourth-order valence-electron chi connectivity index (χ4n) is 3.42. The first-order chi connectivity index (χ1) is 11.1. The molecule has 0 aliphatic carbocycles. The van der Waals surface area contributed by atoms with E-state index in [0.717, 1.165) is 41.5 Å². The summed E-state index contributed by atoms with van der Waals surface area (Å²) >= 11 is 0. The Morgan fingerprint density at radius 3 is 3.00 bits per heavy atom. The van der Waals surface area contributed by atoms with Gasteiger partial charge in [-0.15, -0.1) is 0 Å². The van der Waals surface area contributed by atoms with E-state index in [4.69, 9.17) is 4.42 Å². The maximum Gasteiger partial charge on any atom is 0.290 e. The zero-order valence-electron chi connectivity index (χ0n) is 13.3. The van der Waals surface area contributed by atoms with Crippen LogP contribution in [-0.2, 0) is 7.05 Å². The maximum absolute atomic E-state index is 12.9. The van der Waals surface area contributed by atoms with Gasteiger partial charge in [0.1, 0.15) is 5.58 Å². The minimum Gasteiger partial charge on any atom is -0.451 e. The van der Waals surface area contributed by atoms with Gasteiger partial charge in [-0.2, -0.15) is 5.10 Å². The number of nitrogens with zero attached hydrogens (tertiary/aromatic N) is 3. The lowest BCUT2D eigenvalue weighted by Gasteiger charge is -2.22. The summed E-state index contributed by atoms with van der Waals surface area (Å²) in [6.07, 6.45) is 5.80. The van der Waals surface area contributed by atoms with Crippen LogP contribution in [0.25, 0.3) is 11.0 Å². The molecule has 0 spiro atoms. The summed E-state index contributed by atoms with van der Waals surface area (Å²) in [5, 5.41) is 5.21. The lowest BCUT2D eigenvalue weighted by molar-refractivity contribution is 0.0705. The van der Waals surface area contributed by atoms with E-state index in [9.17, 15) is 4.79 Å². The highest BCUT2D eigenvalue weighted by Crippen LogP contribution is 2.34. The number of carbonyl (C=O) groups excluding carboxylic acids is 1. The van der Waals surface area contributed by atoms with Gasteiger partial charge in [-0.05, 0) is 31.4 Å². The minimum absolute atomic E-state index is 0.0352. The average Bonchev–Trinajstić information content (AvgIpc) is 3.24. The molecule has 0 saturated carbocycles. The first-order valence-corrected chi connectivity index (χ1v) is 7.92. The molecule has 1 aliphatic rings. The minimum atomic E-state index is -0.0352. The SMILES string of the molecule is Cc1cccc2cc(C(=O)N3CCCC3c3cnn(C)c3)oc12. The number of aryl methyl sites for hydroxylation is 2. The fraction of sp³-hybridized carbons (Fsp3) is 0.333. The van der Waals surface area contributed by atoms with Crippen LogP contribution in [0.15, 0.2) is 41.1 Å². The van der Waals surface area contributed by atoms with Crippen LogP contribution < -0.4 is 0 Å². The lowest BCUT2D eigenvalue weighted by atomic mass is 10.1. The van der Waals surface area contributed by atoms with Crippen LogP contribution in [0, 0.1) is 6.92 Å². The zero-order chi connectivity index (χ0) is 16.0. The molecule has 4 rings (SSSR count). The van der Waals surface area contributed by atoms with Crippen molar-refractivity contribution >= 4 is 16.9 Å². The van der Waals surface area contributed by atoms with Gasteiger partial charge in [0.25, 0.3) is 5.91 Å². The van der Waals surface area contributed by atoms with Crippen molar-refractivity contribution in [2.45, 2.75) is 25.8 Å². The van der Waals surface area contributed by atoms with Crippen molar-refractivity contribution in [3.05, 3.63) is 53.5 Å². The molecule has 1 amide bonds. The van der Waals surface area contributed by atoms with Gasteiger partial charge in [-0.25, -0.2) is 0 Å². The topological polar surface area (TPSA) is 51.3 Å². The highest BCUT2D eigenvalue weighted by molar-refractivity contribution is 5.97. The molecule has 1 aliphatic heterocycles. The molecule has 1 saturated heterocycles. The summed E-state index contributed by atoms with van der Waals surface area (Å²) < 4.78 is 7.63. The van der Waals surface area contributed by atoms with Gasteiger partial charge in [-0.3, -0.25) is 9.48 Å². The van der Waals surface area contributed by atoms with E-state index in [2.05, 4.69) is 5.10 Å². The smallest absolute Gasteiger partial charge is 0.290 e. The van der Waals surface area contributed by atoms with E-state index in [1.54, 1.807) is 4.68 Å². The number of hydrogen-bond acceptors (Lipinski definition) is 3. The normalized spacial score (nSPS) is 18.0. The van der Waals surface area contributed by atoms with Crippen LogP contribution in [0.4, 0.5) is 0 Å². The van der Waals surface area contributed by atoms with Crippen LogP contribution in [-0.4, -0.2) is 27.1 Å². The number of aromatic nitrogens is 2. The molecule has 2 aromatic heterocycles. The van der Waals surface area contributed by atoms with Crippen molar-refractivity contribution in [1.82, 2.24) is 14.7 Å². The molecule has 3 heterocycles. The number of benzene rings is 1. The van der Waals surface area contributed by atoms with Crippen LogP contribution >= 0.6 is 0 Å². The third-order valence-corrected chi connectivity index (χ3v) is 4.58. The molecule has 1 unspecified atom stereocenters. The molecule has 1 aromatic carbocycles. The van der Waals surface area contributed by atoms with Crippen molar-refractivity contribution in [3.63, 3.8) is 0 Å². The van der Waals surface area contributed by atoms with Gasteiger partial charge in [0.15, 0.2) is 5.76 Å². The fourth-order valence-corrected chi connectivity index (χ4v) is 3.42. The van der Waals surface area contributed by atoms with Crippen molar-refractivity contribution in [2.75, 3.05) is 6.54 Å². The second kappa shape index (κ2) is 5.26. The Balaban J connectivity index is 1.68. The molecular formula is C18H19N3O2. The lowest BCUT2D eigenvalue weighted by Crippen LogP contribution is -2.30. The second-order valence-corrected chi connectivity index (χ2v) is 6.21. The summed E-state index contributed by atoms with van der Waals surface area (Å²) in [6.45, 7) is 2.75. The van der Waals surface area contributed by atoms with Crippen LogP contribution in [0.2, 0.25) is 0 Å². The quantitative estimate of drug-likeness (QED) is 0.728. The number of furan rings is 1. The molecule has 118 valence electrons. The predicted molar refractivity (Wildman–Crippen MR) is 87.2 cm³/mol. The van der Waals surface area contributed by atoms with Gasteiger partial charge in [-0.1, -0.05) is 18.2 Å². The number of fused-ring (bicyclic) bond motifs is 1. The van der Waals surface area contributed by atoms with Crippen molar-refractivity contribution < 1.29 is 9.21 Å². The molecule has 3 aromatic rings. The van der Waals surface area contributed by atoms with Crippen molar-refractivity contribution in [1.29, 1.82) is 0 Å². The Hall–Kier alpha value is -2.56. The Kier molecular flexibility index (Phi) is 3.22. The van der Waals surface area contributed by atoms with Gasteiger partial charge >= 0.3 is 0 Å². The third kappa shape index (κ3) is 2.32. The molecule has 5 nitrogen and oxygen atoms in total. The largest absolute Gasteiger partial charge is 0.451 e. The van der Waals surface area contributed by atoms with Gasteiger partial charge < -0.3 is 9.32 Å². The number of hydrogen-bond donors (Lipinski definition) is 0. The molecule has 1 atom stereocenters. The summed E-state index contributed by atoms with van der Waals surface area (Å²) in [5.41, 5.74) is 2.94. The predicted octanol–water partition coefficient (Wildman–Crippen LogP) is 3.45. The van der Waals surface area contributed by atoms with Crippen LogP contribution in [0.5, 0.6) is 0 Å². The van der Waals surface area contributed by atoms with Crippen LogP contribution in [0.3, 0.4) is 0 Å². The summed E-state index contributed by atoms with van der Waals surface area (Å²) in [4.78, 5) is 14.8. The number of likely N-dealkylation sites (tertiary alicyclic amines) is 1. The van der Waals surface area contributed by atoms with E-state index in [-0.39, 0.29) is 11.9 Å².